The number of carbonyl (C=O) groups excluding carboxylic acids is 1. The minimum absolute atomic E-state index is 0.194. The molecule has 0 saturated heterocycles. The van der Waals surface area contributed by atoms with Gasteiger partial charge in [-0.15, -0.1) is 28.9 Å². The molecule has 3 aromatic rings. The summed E-state index contributed by atoms with van der Waals surface area (Å²) in [6.45, 7) is 2.75. The summed E-state index contributed by atoms with van der Waals surface area (Å²) in [7, 11) is 0. The van der Waals surface area contributed by atoms with E-state index in [1.807, 2.05) is 32.0 Å². The number of benzene rings is 1. The molecule has 0 bridgehead atoms. The molecule has 0 N–H and O–H groups in total. The van der Waals surface area contributed by atoms with E-state index in [0.717, 1.165) is 33.6 Å². The van der Waals surface area contributed by atoms with E-state index in [9.17, 15) is 39.9 Å². The van der Waals surface area contributed by atoms with Gasteiger partial charge in [0.1, 0.15) is 5.75 Å². The SMILES string of the molecule is C=CC(=O)OCC(F)(F)OC(F)(F)OC(F)(F)OC(F)(F)COc1ccc2cc(-c3ccc(CC)nc3CC)sc2c1. The summed E-state index contributed by atoms with van der Waals surface area (Å²) >= 11 is 1.30. The van der Waals surface area contributed by atoms with Crippen LogP contribution < -0.4 is 4.74 Å². The molecule has 0 spiro atoms. The highest BCUT2D eigenvalue weighted by Gasteiger charge is 2.57. The first-order valence-corrected chi connectivity index (χ1v) is 12.8. The second kappa shape index (κ2) is 12.9. The van der Waals surface area contributed by atoms with Gasteiger partial charge in [0.15, 0.2) is 13.2 Å². The van der Waals surface area contributed by atoms with Crippen molar-refractivity contribution in [3.63, 3.8) is 0 Å². The van der Waals surface area contributed by atoms with Crippen LogP contribution in [0.2, 0.25) is 0 Å². The molecule has 3 rings (SSSR count). The van der Waals surface area contributed by atoms with Gasteiger partial charge >= 0.3 is 30.8 Å². The van der Waals surface area contributed by atoms with E-state index in [4.69, 9.17) is 4.74 Å². The molecule has 2 heterocycles. The number of ether oxygens (including phenoxy) is 5. The summed E-state index contributed by atoms with van der Waals surface area (Å²) in [5.41, 5.74) is 2.68. The van der Waals surface area contributed by atoms with Crippen molar-refractivity contribution < 1.29 is 63.6 Å². The normalized spacial score (nSPS) is 12.9. The average Bonchev–Trinajstić information content (AvgIpc) is 3.31. The largest absolute Gasteiger partial charge is 0.496 e. The lowest BCUT2D eigenvalue weighted by Gasteiger charge is -2.27. The van der Waals surface area contributed by atoms with Gasteiger partial charge in [0, 0.05) is 32.6 Å². The van der Waals surface area contributed by atoms with Gasteiger partial charge in [-0.1, -0.05) is 20.4 Å². The molecular weight excluding hydrogens is 606 g/mol. The Hall–Kier alpha value is -3.34. The number of fused-ring (bicyclic) bond motifs is 1. The Morgan fingerprint density at radius 3 is 2.12 bits per heavy atom. The Morgan fingerprint density at radius 2 is 1.52 bits per heavy atom. The van der Waals surface area contributed by atoms with Gasteiger partial charge in [0.05, 0.1) is 0 Å². The smallest absolute Gasteiger partial charge is 0.484 e. The van der Waals surface area contributed by atoms with Crippen LogP contribution in [0.3, 0.4) is 0 Å². The summed E-state index contributed by atoms with van der Waals surface area (Å²) in [6, 6.07) is 9.84. The Balaban J connectivity index is 1.64. The van der Waals surface area contributed by atoms with Crippen molar-refractivity contribution in [1.82, 2.24) is 4.98 Å². The highest BCUT2D eigenvalue weighted by atomic mass is 32.1. The third kappa shape index (κ3) is 9.34. The molecule has 0 unspecified atom stereocenters. The molecule has 42 heavy (non-hydrogen) atoms. The lowest BCUT2D eigenvalue weighted by atomic mass is 10.1. The molecule has 0 fully saturated rings. The van der Waals surface area contributed by atoms with Crippen LogP contribution in [-0.2, 0) is 36.6 Å². The Kier molecular flexibility index (Phi) is 10.2. The van der Waals surface area contributed by atoms with E-state index >= 15 is 0 Å². The molecular formula is C26H23F8NO6S. The number of hydrogen-bond donors (Lipinski definition) is 0. The number of alkyl halides is 8. The van der Waals surface area contributed by atoms with Crippen molar-refractivity contribution in [1.29, 1.82) is 0 Å². The summed E-state index contributed by atoms with van der Waals surface area (Å²) in [4.78, 5) is 16.2. The highest BCUT2D eigenvalue weighted by Crippen LogP contribution is 2.39. The van der Waals surface area contributed by atoms with E-state index in [1.54, 1.807) is 0 Å². The quantitative estimate of drug-likeness (QED) is 0.0745. The fourth-order valence-electron chi connectivity index (χ4n) is 3.44. The van der Waals surface area contributed by atoms with Gasteiger partial charge < -0.3 is 9.47 Å². The van der Waals surface area contributed by atoms with E-state index < -0.39 is 44.0 Å². The van der Waals surface area contributed by atoms with Gasteiger partial charge in [-0.3, -0.25) is 4.98 Å². The van der Waals surface area contributed by atoms with Crippen LogP contribution in [0.4, 0.5) is 35.1 Å². The molecule has 1 aromatic carbocycles. The first-order valence-electron chi connectivity index (χ1n) is 12.0. The van der Waals surface area contributed by atoms with Crippen LogP contribution in [-0.4, -0.2) is 49.0 Å². The van der Waals surface area contributed by atoms with E-state index in [1.165, 1.54) is 29.5 Å². The number of hydrogen-bond acceptors (Lipinski definition) is 8. The Morgan fingerprint density at radius 1 is 0.881 bits per heavy atom. The molecule has 230 valence electrons. The lowest BCUT2D eigenvalue weighted by Crippen LogP contribution is -2.46. The zero-order chi connectivity index (χ0) is 31.3. The summed E-state index contributed by atoms with van der Waals surface area (Å²) < 4.78 is 127. The number of pyridine rings is 1. The average molecular weight is 630 g/mol. The first-order chi connectivity index (χ1) is 19.5. The topological polar surface area (TPSA) is 76.1 Å². The maximum atomic E-state index is 14.0. The number of carbonyl (C=O) groups is 1. The van der Waals surface area contributed by atoms with Gasteiger partial charge in [-0.25, -0.2) is 19.0 Å². The summed E-state index contributed by atoms with van der Waals surface area (Å²) in [5.74, 6) is -1.67. The van der Waals surface area contributed by atoms with Crippen molar-refractivity contribution >= 4 is 27.4 Å². The van der Waals surface area contributed by atoms with E-state index in [2.05, 4.69) is 30.5 Å². The first kappa shape index (κ1) is 33.2. The van der Waals surface area contributed by atoms with E-state index in [-0.39, 0.29) is 5.75 Å². The second-order valence-corrected chi connectivity index (χ2v) is 9.51. The summed E-state index contributed by atoms with van der Waals surface area (Å²) in [6.07, 6.45) is -19.9. The van der Waals surface area contributed by atoms with Crippen molar-refractivity contribution in [2.24, 2.45) is 0 Å². The molecule has 0 aliphatic rings. The number of aromatic nitrogens is 1. The van der Waals surface area contributed by atoms with Gasteiger partial charge in [-0.2, -0.15) is 17.6 Å². The maximum Gasteiger partial charge on any atom is 0.496 e. The molecule has 0 saturated carbocycles. The number of rotatable bonds is 15. The van der Waals surface area contributed by atoms with Crippen LogP contribution in [0.1, 0.15) is 25.2 Å². The summed E-state index contributed by atoms with van der Waals surface area (Å²) in [5, 5.41) is 0.727. The monoisotopic (exact) mass is 629 g/mol. The molecule has 0 radical (unpaired) electrons. The predicted molar refractivity (Wildman–Crippen MR) is 134 cm³/mol. The standard InChI is InChI=1S/C26H23F8NO6S/c1-4-16-8-10-18(19(5-2)35-16)21-11-15-7-9-17(12-20(15)42-21)37-13-23(27,28)39-25(31,32)41-26(33,34)40-24(29,30)14-38-22(36)6-3/h6-12H,3-5,13-14H2,1-2H3. The third-order valence-corrected chi connectivity index (χ3v) is 6.35. The number of thiophene rings is 1. The Bertz CT molecular complexity index is 1410. The molecule has 0 aliphatic heterocycles. The number of esters is 1. The zero-order valence-electron chi connectivity index (χ0n) is 21.9. The van der Waals surface area contributed by atoms with Crippen LogP contribution in [0.15, 0.2) is 49.1 Å². The van der Waals surface area contributed by atoms with Crippen LogP contribution in [0.5, 0.6) is 5.75 Å². The minimum atomic E-state index is -5.86. The molecule has 2 aromatic heterocycles. The van der Waals surface area contributed by atoms with Crippen molar-refractivity contribution in [3.05, 3.63) is 60.4 Å². The van der Waals surface area contributed by atoms with Crippen LogP contribution in [0.25, 0.3) is 20.5 Å². The molecule has 0 aliphatic carbocycles. The zero-order valence-corrected chi connectivity index (χ0v) is 22.7. The van der Waals surface area contributed by atoms with Crippen molar-refractivity contribution in [2.75, 3.05) is 13.2 Å². The van der Waals surface area contributed by atoms with Crippen LogP contribution in [0, 0.1) is 0 Å². The lowest BCUT2D eigenvalue weighted by molar-refractivity contribution is -0.574. The number of nitrogens with zero attached hydrogens (tertiary/aromatic N) is 1. The number of halogens is 8. The van der Waals surface area contributed by atoms with Gasteiger partial charge in [0.25, 0.3) is 0 Å². The van der Waals surface area contributed by atoms with Crippen LogP contribution >= 0.6 is 11.3 Å². The van der Waals surface area contributed by atoms with Gasteiger partial charge in [-0.05, 0) is 54.6 Å². The fraction of sp³-hybridized carbons (Fsp3) is 0.385. The fourth-order valence-corrected chi connectivity index (χ4v) is 4.58. The molecule has 0 amide bonds. The predicted octanol–water partition coefficient (Wildman–Crippen LogP) is 7.53. The second-order valence-electron chi connectivity index (χ2n) is 8.42. The number of aryl methyl sites for hydroxylation is 2. The van der Waals surface area contributed by atoms with Crippen molar-refractivity contribution in [2.45, 2.75) is 51.5 Å². The molecule has 0 atom stereocenters. The Labute approximate surface area is 237 Å². The highest BCUT2D eigenvalue weighted by molar-refractivity contribution is 7.22. The minimum Gasteiger partial charge on any atom is -0.484 e. The third-order valence-electron chi connectivity index (χ3n) is 5.22. The van der Waals surface area contributed by atoms with Crippen molar-refractivity contribution in [3.8, 4) is 16.2 Å². The maximum absolute atomic E-state index is 14.0. The molecule has 7 nitrogen and oxygen atoms in total. The van der Waals surface area contributed by atoms with Gasteiger partial charge in [0.2, 0.25) is 0 Å². The van der Waals surface area contributed by atoms with E-state index in [0.29, 0.717) is 17.2 Å². The molecule has 16 heteroatoms.